The highest BCUT2D eigenvalue weighted by Gasteiger charge is 2.02. The Bertz CT molecular complexity index is 196. The van der Waals surface area contributed by atoms with E-state index in [0.717, 1.165) is 17.7 Å². The first-order valence-electron chi connectivity index (χ1n) is 3.35. The maximum Gasteiger partial charge on any atom is 0.0665 e. The van der Waals surface area contributed by atoms with Crippen LogP contribution in [-0.4, -0.2) is 9.78 Å². The number of halogens is 1. The van der Waals surface area contributed by atoms with Gasteiger partial charge >= 0.3 is 0 Å². The van der Waals surface area contributed by atoms with Crippen LogP contribution in [0.5, 0.6) is 0 Å². The summed E-state index contributed by atoms with van der Waals surface area (Å²) in [5.41, 5.74) is 2.25. The summed E-state index contributed by atoms with van der Waals surface area (Å²) >= 11 is 5.67. The molecule has 1 heterocycles. The number of aryl methyl sites for hydroxylation is 2. The van der Waals surface area contributed by atoms with Crippen LogP contribution >= 0.6 is 11.6 Å². The quantitative estimate of drug-likeness (QED) is 0.600. The molecule has 0 saturated carbocycles. The lowest BCUT2D eigenvalue weighted by molar-refractivity contribution is 0.746. The number of nitrogens with zero attached hydrogens (tertiary/aromatic N) is 2. The van der Waals surface area contributed by atoms with E-state index in [1.807, 2.05) is 13.2 Å². The van der Waals surface area contributed by atoms with Crippen LogP contribution in [0.1, 0.15) is 18.2 Å². The lowest BCUT2D eigenvalue weighted by Gasteiger charge is -1.89. The molecule has 0 unspecified atom stereocenters. The first-order valence-corrected chi connectivity index (χ1v) is 3.88. The zero-order valence-corrected chi connectivity index (χ0v) is 7.02. The van der Waals surface area contributed by atoms with E-state index < -0.39 is 0 Å². The van der Waals surface area contributed by atoms with E-state index in [2.05, 4.69) is 12.0 Å². The van der Waals surface area contributed by atoms with Crippen LogP contribution in [0, 0.1) is 0 Å². The Hall–Kier alpha value is -0.500. The highest BCUT2D eigenvalue weighted by atomic mass is 35.5. The van der Waals surface area contributed by atoms with Gasteiger partial charge in [-0.3, -0.25) is 4.68 Å². The molecule has 0 fully saturated rings. The van der Waals surface area contributed by atoms with Gasteiger partial charge in [0.05, 0.1) is 11.6 Å². The number of aromatic nitrogens is 2. The van der Waals surface area contributed by atoms with Crippen molar-refractivity contribution >= 4 is 11.6 Å². The number of rotatable bonds is 2. The van der Waals surface area contributed by atoms with E-state index in [-0.39, 0.29) is 0 Å². The first kappa shape index (κ1) is 7.61. The molecule has 56 valence electrons. The van der Waals surface area contributed by atoms with E-state index in [1.165, 1.54) is 0 Å². The van der Waals surface area contributed by atoms with Gasteiger partial charge in [0.25, 0.3) is 0 Å². The van der Waals surface area contributed by atoms with Gasteiger partial charge < -0.3 is 0 Å². The molecule has 0 aliphatic carbocycles. The molecule has 0 saturated heterocycles. The van der Waals surface area contributed by atoms with Crippen molar-refractivity contribution in [3.05, 3.63) is 17.5 Å². The van der Waals surface area contributed by atoms with Crippen molar-refractivity contribution in [2.75, 3.05) is 0 Å². The monoisotopic (exact) mass is 158 g/mol. The molecule has 0 aliphatic heterocycles. The zero-order valence-electron chi connectivity index (χ0n) is 6.26. The van der Waals surface area contributed by atoms with Gasteiger partial charge in [0.2, 0.25) is 0 Å². The molecule has 1 aromatic rings. The van der Waals surface area contributed by atoms with Crippen molar-refractivity contribution in [3.63, 3.8) is 0 Å². The second kappa shape index (κ2) is 3.06. The maximum atomic E-state index is 5.67. The number of hydrogen-bond acceptors (Lipinski definition) is 1. The maximum absolute atomic E-state index is 5.67. The average Bonchev–Trinajstić information content (AvgIpc) is 2.30. The van der Waals surface area contributed by atoms with Gasteiger partial charge in [-0.1, -0.05) is 6.92 Å². The van der Waals surface area contributed by atoms with Gasteiger partial charge in [-0.2, -0.15) is 5.10 Å². The van der Waals surface area contributed by atoms with Crippen LogP contribution < -0.4 is 0 Å². The summed E-state index contributed by atoms with van der Waals surface area (Å²) in [7, 11) is 1.91. The smallest absolute Gasteiger partial charge is 0.0665 e. The molecule has 2 nitrogen and oxygen atoms in total. The molecule has 3 heteroatoms. The lowest BCUT2D eigenvalue weighted by Crippen LogP contribution is -1.89. The van der Waals surface area contributed by atoms with E-state index in [1.54, 1.807) is 4.68 Å². The molecule has 0 atom stereocenters. The number of alkyl halides is 1. The third-order valence-corrected chi connectivity index (χ3v) is 1.76. The summed E-state index contributed by atoms with van der Waals surface area (Å²) in [6.07, 6.45) is 2.93. The van der Waals surface area contributed by atoms with Gasteiger partial charge in [-0.05, 0) is 6.42 Å². The Labute approximate surface area is 65.8 Å². The minimum absolute atomic E-state index is 0.566. The molecule has 10 heavy (non-hydrogen) atoms. The molecule has 0 spiro atoms. The van der Waals surface area contributed by atoms with Gasteiger partial charge in [0, 0.05) is 18.8 Å². The molecular formula is C7H11ClN2. The summed E-state index contributed by atoms with van der Waals surface area (Å²) in [6, 6.07) is 0. The van der Waals surface area contributed by atoms with Crippen molar-refractivity contribution in [1.82, 2.24) is 9.78 Å². The van der Waals surface area contributed by atoms with Crippen LogP contribution in [0.4, 0.5) is 0 Å². The second-order valence-corrected chi connectivity index (χ2v) is 2.53. The largest absolute Gasteiger partial charge is 0.275 e. The normalized spacial score (nSPS) is 10.3. The third-order valence-electron chi connectivity index (χ3n) is 1.47. The Morgan fingerprint density at radius 2 is 2.40 bits per heavy atom. The molecule has 0 radical (unpaired) electrons. The SMILES string of the molecule is CCc1nn(C)cc1CCl. The lowest BCUT2D eigenvalue weighted by atomic mass is 10.2. The molecule has 0 aromatic carbocycles. The second-order valence-electron chi connectivity index (χ2n) is 2.26. The van der Waals surface area contributed by atoms with Gasteiger partial charge in [-0.15, -0.1) is 11.6 Å². The molecule has 0 amide bonds. The Kier molecular flexibility index (Phi) is 2.33. The van der Waals surface area contributed by atoms with Gasteiger partial charge in [-0.25, -0.2) is 0 Å². The summed E-state index contributed by atoms with van der Waals surface area (Å²) in [5.74, 6) is 0.566. The fourth-order valence-corrected chi connectivity index (χ4v) is 1.22. The van der Waals surface area contributed by atoms with Crippen LogP contribution in [0.2, 0.25) is 0 Å². The summed E-state index contributed by atoms with van der Waals surface area (Å²) in [4.78, 5) is 0. The zero-order chi connectivity index (χ0) is 7.56. The van der Waals surface area contributed by atoms with E-state index in [9.17, 15) is 0 Å². The molecule has 1 rings (SSSR count). The Balaban J connectivity index is 2.96. The van der Waals surface area contributed by atoms with E-state index >= 15 is 0 Å². The molecular weight excluding hydrogens is 148 g/mol. The fourth-order valence-electron chi connectivity index (χ4n) is 0.993. The van der Waals surface area contributed by atoms with Crippen molar-refractivity contribution in [2.24, 2.45) is 7.05 Å². The molecule has 0 aliphatic rings. The minimum atomic E-state index is 0.566. The topological polar surface area (TPSA) is 17.8 Å². The first-order chi connectivity index (χ1) is 4.77. The standard InChI is InChI=1S/C7H11ClN2/c1-3-7-6(4-8)5-10(2)9-7/h5H,3-4H2,1-2H3. The summed E-state index contributed by atoms with van der Waals surface area (Å²) in [5, 5.41) is 4.23. The van der Waals surface area contributed by atoms with Crippen molar-refractivity contribution in [1.29, 1.82) is 0 Å². The molecule has 0 bridgehead atoms. The van der Waals surface area contributed by atoms with Gasteiger partial charge in [0.15, 0.2) is 0 Å². The highest BCUT2D eigenvalue weighted by molar-refractivity contribution is 6.17. The predicted molar refractivity (Wildman–Crippen MR) is 42.1 cm³/mol. The van der Waals surface area contributed by atoms with Crippen LogP contribution in [-0.2, 0) is 19.3 Å². The Morgan fingerprint density at radius 3 is 2.80 bits per heavy atom. The minimum Gasteiger partial charge on any atom is -0.275 e. The number of hydrogen-bond donors (Lipinski definition) is 0. The van der Waals surface area contributed by atoms with Crippen LogP contribution in [0.3, 0.4) is 0 Å². The third kappa shape index (κ3) is 1.32. The average molecular weight is 159 g/mol. The Morgan fingerprint density at radius 1 is 1.70 bits per heavy atom. The van der Waals surface area contributed by atoms with E-state index in [0.29, 0.717) is 5.88 Å². The van der Waals surface area contributed by atoms with Crippen molar-refractivity contribution in [3.8, 4) is 0 Å². The molecule has 0 N–H and O–H groups in total. The van der Waals surface area contributed by atoms with E-state index in [4.69, 9.17) is 11.6 Å². The highest BCUT2D eigenvalue weighted by Crippen LogP contribution is 2.09. The molecule has 1 aromatic heterocycles. The summed E-state index contributed by atoms with van der Waals surface area (Å²) < 4.78 is 1.80. The fraction of sp³-hybridized carbons (Fsp3) is 0.571. The van der Waals surface area contributed by atoms with Crippen LogP contribution in [0.15, 0.2) is 6.20 Å². The predicted octanol–water partition coefficient (Wildman–Crippen LogP) is 1.72. The van der Waals surface area contributed by atoms with Crippen molar-refractivity contribution in [2.45, 2.75) is 19.2 Å². The van der Waals surface area contributed by atoms with Gasteiger partial charge in [0.1, 0.15) is 0 Å². The summed E-state index contributed by atoms with van der Waals surface area (Å²) in [6.45, 7) is 2.08. The van der Waals surface area contributed by atoms with Crippen molar-refractivity contribution < 1.29 is 0 Å². The van der Waals surface area contributed by atoms with Crippen LogP contribution in [0.25, 0.3) is 0 Å².